The minimum atomic E-state index is 0.782. The summed E-state index contributed by atoms with van der Waals surface area (Å²) in [7, 11) is 0. The lowest BCUT2D eigenvalue weighted by molar-refractivity contribution is -0.0138. The molecule has 1 atom stereocenters. The predicted molar refractivity (Wildman–Crippen MR) is 47.5 cm³/mol. The van der Waals surface area contributed by atoms with Crippen LogP contribution in [0.25, 0.3) is 0 Å². The molecule has 1 spiro atoms. The van der Waals surface area contributed by atoms with E-state index < -0.39 is 0 Å². The summed E-state index contributed by atoms with van der Waals surface area (Å²) in [5.74, 6) is 0.866. The van der Waals surface area contributed by atoms with Crippen LogP contribution in [0, 0.1) is 11.3 Å². The smallest absolute Gasteiger partial charge is 0.0138 e. The zero-order valence-electron chi connectivity index (χ0n) is 7.69. The fraction of sp³-hybridized carbons (Fsp3) is 1.00. The summed E-state index contributed by atoms with van der Waals surface area (Å²) >= 11 is 0. The van der Waals surface area contributed by atoms with Crippen LogP contribution in [0.4, 0.5) is 0 Å². The zero-order chi connectivity index (χ0) is 7.90. The molecular formula is C10H19N. The molecule has 0 aromatic heterocycles. The molecule has 1 saturated carbocycles. The molecule has 1 unspecified atom stereocenters. The summed E-state index contributed by atoms with van der Waals surface area (Å²) in [6, 6.07) is 0.872. The lowest BCUT2D eigenvalue weighted by Gasteiger charge is -2.57. The van der Waals surface area contributed by atoms with Crippen LogP contribution in [0.3, 0.4) is 0 Å². The van der Waals surface area contributed by atoms with Crippen molar-refractivity contribution in [2.24, 2.45) is 11.3 Å². The molecule has 0 aromatic carbocycles. The van der Waals surface area contributed by atoms with Crippen molar-refractivity contribution in [3.8, 4) is 0 Å². The maximum absolute atomic E-state index is 3.57. The molecule has 1 aliphatic heterocycles. The van der Waals surface area contributed by atoms with Gasteiger partial charge < -0.3 is 5.32 Å². The summed E-state index contributed by atoms with van der Waals surface area (Å²) in [6.07, 6.45) is 5.87. The minimum absolute atomic E-state index is 0.782. The van der Waals surface area contributed by atoms with Crippen molar-refractivity contribution < 1.29 is 0 Å². The summed E-state index contributed by atoms with van der Waals surface area (Å²) in [5, 5.41) is 3.57. The second kappa shape index (κ2) is 2.48. The summed E-state index contributed by atoms with van der Waals surface area (Å²) in [5.41, 5.74) is 0.782. The molecule has 64 valence electrons. The van der Waals surface area contributed by atoms with Crippen LogP contribution in [0.2, 0.25) is 0 Å². The molecule has 1 N–H and O–H groups in total. The molecule has 0 bridgehead atoms. The maximum Gasteiger partial charge on any atom is 0.0138 e. The highest BCUT2D eigenvalue weighted by molar-refractivity contribution is 5.06. The fourth-order valence-electron chi connectivity index (χ4n) is 2.50. The Balaban J connectivity index is 1.86. The molecule has 1 aliphatic carbocycles. The van der Waals surface area contributed by atoms with E-state index in [1.54, 1.807) is 0 Å². The molecule has 0 amide bonds. The third kappa shape index (κ3) is 1.10. The lowest BCUT2D eigenvalue weighted by Crippen LogP contribution is -2.65. The van der Waals surface area contributed by atoms with Gasteiger partial charge in [-0.25, -0.2) is 0 Å². The van der Waals surface area contributed by atoms with E-state index in [4.69, 9.17) is 0 Å². The largest absolute Gasteiger partial charge is 0.313 e. The van der Waals surface area contributed by atoms with Crippen LogP contribution in [0.5, 0.6) is 0 Å². The van der Waals surface area contributed by atoms with Crippen molar-refractivity contribution in [2.45, 2.75) is 45.6 Å². The van der Waals surface area contributed by atoms with Gasteiger partial charge in [-0.1, -0.05) is 20.3 Å². The van der Waals surface area contributed by atoms with Gasteiger partial charge in [-0.05, 0) is 30.6 Å². The minimum Gasteiger partial charge on any atom is -0.313 e. The zero-order valence-corrected chi connectivity index (χ0v) is 7.69. The highest BCUT2D eigenvalue weighted by Gasteiger charge is 2.50. The van der Waals surface area contributed by atoms with Crippen LogP contribution in [-0.2, 0) is 0 Å². The first kappa shape index (κ1) is 7.60. The topological polar surface area (TPSA) is 12.0 Å². The van der Waals surface area contributed by atoms with E-state index in [1.807, 2.05) is 0 Å². The van der Waals surface area contributed by atoms with Crippen LogP contribution in [-0.4, -0.2) is 12.6 Å². The normalized spacial score (nSPS) is 33.5. The van der Waals surface area contributed by atoms with Gasteiger partial charge in [0.05, 0.1) is 0 Å². The van der Waals surface area contributed by atoms with Gasteiger partial charge in [0.25, 0.3) is 0 Å². The Morgan fingerprint density at radius 2 is 2.18 bits per heavy atom. The van der Waals surface area contributed by atoms with E-state index in [9.17, 15) is 0 Å². The van der Waals surface area contributed by atoms with Gasteiger partial charge in [-0.2, -0.15) is 0 Å². The predicted octanol–water partition coefficient (Wildman–Crippen LogP) is 2.17. The number of hydrogen-bond acceptors (Lipinski definition) is 1. The number of nitrogens with one attached hydrogen (secondary N) is 1. The molecule has 1 heterocycles. The van der Waals surface area contributed by atoms with Gasteiger partial charge in [0, 0.05) is 12.6 Å². The fourth-order valence-corrected chi connectivity index (χ4v) is 2.50. The van der Waals surface area contributed by atoms with Crippen molar-refractivity contribution in [2.75, 3.05) is 6.54 Å². The Morgan fingerprint density at radius 1 is 1.45 bits per heavy atom. The van der Waals surface area contributed by atoms with Gasteiger partial charge in [-0.15, -0.1) is 0 Å². The molecular weight excluding hydrogens is 134 g/mol. The van der Waals surface area contributed by atoms with Crippen LogP contribution in [0.15, 0.2) is 0 Å². The summed E-state index contributed by atoms with van der Waals surface area (Å²) in [6.45, 7) is 5.96. The number of rotatable bonds is 2. The quantitative estimate of drug-likeness (QED) is 0.641. The molecule has 0 aromatic rings. The first-order chi connectivity index (χ1) is 5.23. The Hall–Kier alpha value is -0.0400. The first-order valence-electron chi connectivity index (χ1n) is 4.96. The van der Waals surface area contributed by atoms with Gasteiger partial charge in [0.15, 0.2) is 0 Å². The van der Waals surface area contributed by atoms with Crippen LogP contribution >= 0.6 is 0 Å². The van der Waals surface area contributed by atoms with Crippen molar-refractivity contribution >= 4 is 0 Å². The molecule has 11 heavy (non-hydrogen) atoms. The highest BCUT2D eigenvalue weighted by atomic mass is 15.1. The van der Waals surface area contributed by atoms with E-state index in [-0.39, 0.29) is 0 Å². The van der Waals surface area contributed by atoms with Crippen LogP contribution < -0.4 is 5.32 Å². The molecule has 1 nitrogen and oxygen atoms in total. The van der Waals surface area contributed by atoms with E-state index in [0.29, 0.717) is 0 Å². The van der Waals surface area contributed by atoms with Crippen molar-refractivity contribution in [3.63, 3.8) is 0 Å². The lowest BCUT2D eigenvalue weighted by atomic mass is 9.58. The van der Waals surface area contributed by atoms with Gasteiger partial charge in [0.1, 0.15) is 0 Å². The average molecular weight is 153 g/mol. The maximum atomic E-state index is 3.57. The molecule has 2 fully saturated rings. The van der Waals surface area contributed by atoms with Gasteiger partial charge in [0.2, 0.25) is 0 Å². The molecule has 2 rings (SSSR count). The van der Waals surface area contributed by atoms with E-state index in [0.717, 1.165) is 17.4 Å². The van der Waals surface area contributed by atoms with E-state index in [1.165, 1.54) is 32.2 Å². The third-order valence-corrected chi connectivity index (χ3v) is 3.50. The summed E-state index contributed by atoms with van der Waals surface area (Å²) in [4.78, 5) is 0. The van der Waals surface area contributed by atoms with Crippen molar-refractivity contribution in [3.05, 3.63) is 0 Å². The van der Waals surface area contributed by atoms with Gasteiger partial charge in [-0.3, -0.25) is 0 Å². The third-order valence-electron chi connectivity index (χ3n) is 3.50. The Bertz CT molecular complexity index is 141. The van der Waals surface area contributed by atoms with E-state index >= 15 is 0 Å². The SMILES string of the molecule is CC(C)CC1NCC12CCC2. The Labute approximate surface area is 69.6 Å². The standard InChI is InChI=1S/C10H19N/c1-8(2)6-9-10(7-11-9)4-3-5-10/h8-9,11H,3-7H2,1-2H3. The highest BCUT2D eigenvalue weighted by Crippen LogP contribution is 2.49. The molecule has 1 heteroatoms. The van der Waals surface area contributed by atoms with Crippen molar-refractivity contribution in [1.82, 2.24) is 5.32 Å². The van der Waals surface area contributed by atoms with Crippen molar-refractivity contribution in [1.29, 1.82) is 0 Å². The molecule has 2 aliphatic rings. The number of hydrogen-bond donors (Lipinski definition) is 1. The average Bonchev–Trinajstić information content (AvgIpc) is 1.76. The molecule has 0 radical (unpaired) electrons. The molecule has 1 saturated heterocycles. The Morgan fingerprint density at radius 3 is 2.45 bits per heavy atom. The van der Waals surface area contributed by atoms with E-state index in [2.05, 4.69) is 19.2 Å². The second-order valence-electron chi connectivity index (χ2n) is 4.78. The second-order valence-corrected chi connectivity index (χ2v) is 4.78. The van der Waals surface area contributed by atoms with Crippen LogP contribution in [0.1, 0.15) is 39.5 Å². The summed E-state index contributed by atoms with van der Waals surface area (Å²) < 4.78 is 0. The Kier molecular flexibility index (Phi) is 1.71. The van der Waals surface area contributed by atoms with Gasteiger partial charge >= 0.3 is 0 Å². The monoisotopic (exact) mass is 153 g/mol. The first-order valence-corrected chi connectivity index (χ1v) is 4.96.